The molecule has 17 heavy (non-hydrogen) atoms. The van der Waals surface area contributed by atoms with Crippen molar-refractivity contribution in [3.63, 3.8) is 0 Å². The molecule has 2 unspecified atom stereocenters. The van der Waals surface area contributed by atoms with Gasteiger partial charge in [0.2, 0.25) is 0 Å². The van der Waals surface area contributed by atoms with Crippen molar-refractivity contribution < 1.29 is 5.11 Å². The van der Waals surface area contributed by atoms with E-state index in [1.165, 1.54) is 0 Å². The quantitative estimate of drug-likeness (QED) is 0.791. The normalized spacial score (nSPS) is 14.9. The predicted octanol–water partition coefficient (Wildman–Crippen LogP) is 3.28. The average molecular weight is 318 g/mol. The lowest BCUT2D eigenvalue weighted by Crippen LogP contribution is -2.36. The molecule has 2 atom stereocenters. The Morgan fingerprint density at radius 3 is 2.53 bits per heavy atom. The van der Waals surface area contributed by atoms with Gasteiger partial charge >= 0.3 is 0 Å². The van der Waals surface area contributed by atoms with Crippen LogP contribution in [0.2, 0.25) is 0 Å². The van der Waals surface area contributed by atoms with E-state index in [0.29, 0.717) is 5.92 Å². The zero-order chi connectivity index (χ0) is 12.8. The van der Waals surface area contributed by atoms with E-state index in [-0.39, 0.29) is 17.9 Å². The number of aliphatic hydroxyl groups excluding tert-OH is 1. The Bertz CT molecular complexity index is 346. The van der Waals surface area contributed by atoms with Gasteiger partial charge in [-0.2, -0.15) is 0 Å². The first kappa shape index (κ1) is 15.0. The molecular formula is C13H20BrNOS. The van der Waals surface area contributed by atoms with Crippen LogP contribution in [0.25, 0.3) is 0 Å². The molecule has 0 aliphatic rings. The molecule has 96 valence electrons. The Kier molecular flexibility index (Phi) is 6.55. The van der Waals surface area contributed by atoms with Gasteiger partial charge in [0.25, 0.3) is 0 Å². The highest BCUT2D eigenvalue weighted by atomic mass is 79.9. The number of hydrogen-bond acceptors (Lipinski definition) is 3. The van der Waals surface area contributed by atoms with Crippen molar-refractivity contribution in [3.05, 3.63) is 28.7 Å². The van der Waals surface area contributed by atoms with Crippen LogP contribution < -0.4 is 5.73 Å². The van der Waals surface area contributed by atoms with Crippen molar-refractivity contribution in [3.8, 4) is 0 Å². The van der Waals surface area contributed by atoms with E-state index in [9.17, 15) is 5.11 Å². The summed E-state index contributed by atoms with van der Waals surface area (Å²) in [6, 6.07) is 8.05. The SMILES string of the molecule is CC(C)CC(N)C(CO)Sc1ccccc1Br. The summed E-state index contributed by atoms with van der Waals surface area (Å²) in [6.07, 6.45) is 0.933. The Labute approximate surface area is 116 Å². The van der Waals surface area contributed by atoms with E-state index in [0.717, 1.165) is 15.8 Å². The molecule has 0 aliphatic heterocycles. The van der Waals surface area contributed by atoms with E-state index in [1.807, 2.05) is 24.3 Å². The van der Waals surface area contributed by atoms with E-state index in [1.54, 1.807) is 11.8 Å². The zero-order valence-corrected chi connectivity index (χ0v) is 12.7. The molecule has 0 saturated heterocycles. The average Bonchev–Trinajstić information content (AvgIpc) is 2.27. The smallest absolute Gasteiger partial charge is 0.0568 e. The fraction of sp³-hybridized carbons (Fsp3) is 0.538. The third-order valence-corrected chi connectivity index (χ3v) is 4.88. The summed E-state index contributed by atoms with van der Waals surface area (Å²) in [4.78, 5) is 1.13. The number of thioether (sulfide) groups is 1. The molecule has 0 bridgehead atoms. The number of halogens is 1. The molecular weight excluding hydrogens is 298 g/mol. The van der Waals surface area contributed by atoms with Gasteiger partial charge in [-0.25, -0.2) is 0 Å². The molecule has 0 aliphatic carbocycles. The van der Waals surface area contributed by atoms with Crippen LogP contribution in [0.4, 0.5) is 0 Å². The van der Waals surface area contributed by atoms with Gasteiger partial charge in [-0.15, -0.1) is 11.8 Å². The minimum atomic E-state index is 0.0251. The van der Waals surface area contributed by atoms with Crippen molar-refractivity contribution >= 4 is 27.7 Å². The Morgan fingerprint density at radius 2 is 2.00 bits per heavy atom. The Balaban J connectivity index is 2.66. The lowest BCUT2D eigenvalue weighted by Gasteiger charge is -2.23. The van der Waals surface area contributed by atoms with E-state index >= 15 is 0 Å². The van der Waals surface area contributed by atoms with Gasteiger partial charge < -0.3 is 10.8 Å². The molecule has 1 aromatic rings. The molecule has 4 heteroatoms. The molecule has 0 fully saturated rings. The van der Waals surface area contributed by atoms with Gasteiger partial charge in [0.05, 0.1) is 6.61 Å². The first-order chi connectivity index (χ1) is 8.04. The van der Waals surface area contributed by atoms with Gasteiger partial charge in [-0.3, -0.25) is 0 Å². The van der Waals surface area contributed by atoms with Gasteiger partial charge in [0.15, 0.2) is 0 Å². The monoisotopic (exact) mass is 317 g/mol. The lowest BCUT2D eigenvalue weighted by molar-refractivity contribution is 0.275. The fourth-order valence-corrected chi connectivity index (χ4v) is 3.25. The molecule has 0 amide bonds. The molecule has 0 heterocycles. The van der Waals surface area contributed by atoms with Gasteiger partial charge in [-0.1, -0.05) is 26.0 Å². The molecule has 1 aromatic carbocycles. The largest absolute Gasteiger partial charge is 0.395 e. The lowest BCUT2D eigenvalue weighted by atomic mass is 10.0. The standard InChI is InChI=1S/C13H20BrNOS/c1-9(2)7-11(15)13(8-16)17-12-6-4-3-5-10(12)14/h3-6,9,11,13,16H,7-8,15H2,1-2H3. The van der Waals surface area contributed by atoms with E-state index in [2.05, 4.69) is 29.8 Å². The van der Waals surface area contributed by atoms with Crippen LogP contribution in [0.15, 0.2) is 33.6 Å². The summed E-state index contributed by atoms with van der Waals surface area (Å²) in [6.45, 7) is 4.41. The maximum Gasteiger partial charge on any atom is 0.0568 e. The van der Waals surface area contributed by atoms with Gasteiger partial charge in [0.1, 0.15) is 0 Å². The molecule has 0 saturated carbocycles. The Morgan fingerprint density at radius 1 is 1.35 bits per heavy atom. The second-order valence-corrected chi connectivity index (χ2v) is 6.70. The second kappa shape index (κ2) is 7.41. The van der Waals surface area contributed by atoms with Crippen LogP contribution in [-0.4, -0.2) is 23.0 Å². The third kappa shape index (κ3) is 5.00. The summed E-state index contributed by atoms with van der Waals surface area (Å²) in [5.74, 6) is 0.555. The molecule has 3 N–H and O–H groups in total. The van der Waals surface area contributed by atoms with Crippen LogP contribution in [0.5, 0.6) is 0 Å². The molecule has 1 rings (SSSR count). The van der Waals surface area contributed by atoms with Crippen LogP contribution in [0.3, 0.4) is 0 Å². The number of nitrogens with two attached hydrogens (primary N) is 1. The molecule has 0 aromatic heterocycles. The van der Waals surface area contributed by atoms with E-state index in [4.69, 9.17) is 5.73 Å². The minimum absolute atomic E-state index is 0.0251. The molecule has 2 nitrogen and oxygen atoms in total. The number of rotatable bonds is 6. The fourth-order valence-electron chi connectivity index (χ4n) is 1.66. The van der Waals surface area contributed by atoms with Crippen molar-refractivity contribution in [1.82, 2.24) is 0 Å². The van der Waals surface area contributed by atoms with Crippen LogP contribution in [0, 0.1) is 5.92 Å². The third-order valence-electron chi connectivity index (χ3n) is 2.52. The van der Waals surface area contributed by atoms with Crippen LogP contribution in [-0.2, 0) is 0 Å². The number of benzene rings is 1. The van der Waals surface area contributed by atoms with Gasteiger partial charge in [0, 0.05) is 20.7 Å². The van der Waals surface area contributed by atoms with Crippen molar-refractivity contribution in [1.29, 1.82) is 0 Å². The predicted molar refractivity (Wildman–Crippen MR) is 78.3 cm³/mol. The topological polar surface area (TPSA) is 46.2 Å². The highest BCUT2D eigenvalue weighted by molar-refractivity contribution is 9.10. The zero-order valence-electron chi connectivity index (χ0n) is 10.3. The minimum Gasteiger partial charge on any atom is -0.395 e. The van der Waals surface area contributed by atoms with Crippen LogP contribution >= 0.6 is 27.7 Å². The summed E-state index contributed by atoms with van der Waals surface area (Å²) < 4.78 is 1.06. The first-order valence-corrected chi connectivity index (χ1v) is 7.49. The number of aliphatic hydroxyl groups is 1. The maximum atomic E-state index is 9.45. The number of hydrogen-bond donors (Lipinski definition) is 2. The summed E-state index contributed by atoms with van der Waals surface area (Å²) in [5, 5.41) is 9.50. The summed E-state index contributed by atoms with van der Waals surface area (Å²) >= 11 is 5.15. The summed E-state index contributed by atoms with van der Waals surface area (Å²) in [5.41, 5.74) is 6.13. The highest BCUT2D eigenvalue weighted by Crippen LogP contribution is 2.32. The van der Waals surface area contributed by atoms with E-state index < -0.39 is 0 Å². The first-order valence-electron chi connectivity index (χ1n) is 5.82. The highest BCUT2D eigenvalue weighted by Gasteiger charge is 2.20. The molecule has 0 spiro atoms. The van der Waals surface area contributed by atoms with Crippen molar-refractivity contribution in [2.75, 3.05) is 6.61 Å². The Hall–Kier alpha value is -0.0300. The van der Waals surface area contributed by atoms with Gasteiger partial charge in [-0.05, 0) is 40.4 Å². The van der Waals surface area contributed by atoms with Crippen molar-refractivity contribution in [2.24, 2.45) is 11.7 Å². The summed E-state index contributed by atoms with van der Waals surface area (Å²) in [7, 11) is 0. The second-order valence-electron chi connectivity index (χ2n) is 4.56. The maximum absolute atomic E-state index is 9.45. The van der Waals surface area contributed by atoms with Crippen molar-refractivity contribution in [2.45, 2.75) is 36.5 Å². The molecule has 0 radical (unpaired) electrons. The van der Waals surface area contributed by atoms with Crippen LogP contribution in [0.1, 0.15) is 20.3 Å².